The normalized spacial score (nSPS) is 23.8. The number of hydrogen-bond donors (Lipinski definition) is 2. The Morgan fingerprint density at radius 1 is 1.30 bits per heavy atom. The smallest absolute Gasteiger partial charge is 0.362 e. The van der Waals surface area contributed by atoms with Crippen LogP contribution in [0.4, 0.5) is 13.2 Å². The molecule has 20 heavy (non-hydrogen) atoms. The van der Waals surface area contributed by atoms with Gasteiger partial charge in [-0.15, -0.1) is 0 Å². The van der Waals surface area contributed by atoms with E-state index in [1.54, 1.807) is 0 Å². The van der Waals surface area contributed by atoms with Crippen LogP contribution in [0, 0.1) is 0 Å². The third kappa shape index (κ3) is 2.39. The van der Waals surface area contributed by atoms with E-state index in [4.69, 9.17) is 17.4 Å². The van der Waals surface area contributed by atoms with Crippen LogP contribution in [0.1, 0.15) is 12.0 Å². The zero-order valence-corrected chi connectivity index (χ0v) is 10.7. The quantitative estimate of drug-likeness (QED) is 0.616. The van der Waals surface area contributed by atoms with Gasteiger partial charge in [-0.25, -0.2) is 10.9 Å². The summed E-state index contributed by atoms with van der Waals surface area (Å²) in [7, 11) is 0. The Labute approximate surface area is 117 Å². The largest absolute Gasteiger partial charge is 0.438 e. The molecule has 3 N–H and O–H groups in total. The van der Waals surface area contributed by atoms with Crippen molar-refractivity contribution in [1.29, 1.82) is 0 Å². The minimum Gasteiger partial charge on any atom is -0.362 e. The van der Waals surface area contributed by atoms with E-state index in [0.717, 1.165) is 6.08 Å². The van der Waals surface area contributed by atoms with E-state index < -0.39 is 24.2 Å². The van der Waals surface area contributed by atoms with Gasteiger partial charge in [-0.2, -0.15) is 13.2 Å². The Bertz CT molecular complexity index is 571. The van der Waals surface area contributed by atoms with E-state index in [9.17, 15) is 23.1 Å². The molecule has 0 bridgehead atoms. The number of aliphatic hydroxyl groups is 1. The van der Waals surface area contributed by atoms with E-state index >= 15 is 0 Å². The number of alkyl halides is 3. The van der Waals surface area contributed by atoms with Gasteiger partial charge in [0.15, 0.2) is 0 Å². The molecule has 0 radical (unpaired) electrons. The Morgan fingerprint density at radius 3 is 2.35 bits per heavy atom. The van der Waals surface area contributed by atoms with Crippen molar-refractivity contribution in [3.05, 3.63) is 40.9 Å². The number of nitrogens with two attached hydrogens (primary N) is 1. The van der Waals surface area contributed by atoms with Gasteiger partial charge in [0.2, 0.25) is 0 Å². The molecule has 0 saturated carbocycles. The number of nitrogens with zero attached hydrogens (tertiary/aromatic N) is 1. The summed E-state index contributed by atoms with van der Waals surface area (Å²) in [5.41, 5.74) is -3.03. The van der Waals surface area contributed by atoms with Gasteiger partial charge in [-0.05, 0) is 23.3 Å². The Hall–Kier alpha value is -1.57. The number of hydrogen-bond acceptors (Lipinski definition) is 3. The molecule has 2 rings (SSSR count). The van der Waals surface area contributed by atoms with Crippen molar-refractivity contribution < 1.29 is 23.1 Å². The van der Waals surface area contributed by atoms with E-state index in [0.29, 0.717) is 10.6 Å². The molecule has 0 fully saturated rings. The van der Waals surface area contributed by atoms with Crippen LogP contribution in [-0.4, -0.2) is 27.9 Å². The lowest BCUT2D eigenvalue weighted by Gasteiger charge is -2.40. The average molecular weight is 307 g/mol. The van der Waals surface area contributed by atoms with Crippen molar-refractivity contribution in [2.24, 2.45) is 5.84 Å². The van der Waals surface area contributed by atoms with Gasteiger partial charge < -0.3 is 5.11 Å². The van der Waals surface area contributed by atoms with Crippen LogP contribution in [-0.2, 0) is 4.79 Å². The topological polar surface area (TPSA) is 66.6 Å². The summed E-state index contributed by atoms with van der Waals surface area (Å²) in [5, 5.41) is 9.92. The third-order valence-electron chi connectivity index (χ3n) is 3.04. The second-order valence-electron chi connectivity index (χ2n) is 4.38. The molecule has 1 aliphatic heterocycles. The molecular weight excluding hydrogens is 297 g/mol. The number of halogens is 4. The van der Waals surface area contributed by atoms with E-state index in [2.05, 4.69) is 0 Å². The van der Waals surface area contributed by atoms with Gasteiger partial charge in [0.1, 0.15) is 0 Å². The van der Waals surface area contributed by atoms with Crippen molar-refractivity contribution >= 4 is 23.1 Å². The molecular formula is C12H10ClF3N2O2. The van der Waals surface area contributed by atoms with Gasteiger partial charge >= 0.3 is 6.18 Å². The summed E-state index contributed by atoms with van der Waals surface area (Å²) in [6, 6.07) is 5.88. The van der Waals surface area contributed by atoms with Crippen LogP contribution in [0.3, 0.4) is 0 Å². The molecule has 1 unspecified atom stereocenters. The maximum atomic E-state index is 12.9. The van der Waals surface area contributed by atoms with Crippen molar-refractivity contribution in [2.45, 2.75) is 18.3 Å². The van der Waals surface area contributed by atoms with Gasteiger partial charge in [-0.1, -0.05) is 23.7 Å². The number of hydrazine groups is 1. The van der Waals surface area contributed by atoms with Crippen LogP contribution in [0.2, 0.25) is 5.02 Å². The lowest BCUT2D eigenvalue weighted by molar-refractivity contribution is -0.308. The molecule has 0 aliphatic carbocycles. The number of carbonyl (C=O) groups is 1. The number of carbonyl (C=O) groups excluding carboxylic acids is 1. The lowest BCUT2D eigenvalue weighted by Crippen LogP contribution is -2.65. The van der Waals surface area contributed by atoms with Crippen LogP contribution in [0.5, 0.6) is 0 Å². The highest BCUT2D eigenvalue weighted by Gasteiger charge is 2.60. The molecule has 0 saturated heterocycles. The summed E-state index contributed by atoms with van der Waals surface area (Å²) < 4.78 is 38.8. The van der Waals surface area contributed by atoms with Crippen molar-refractivity contribution in [3.8, 4) is 0 Å². The zero-order chi connectivity index (χ0) is 15.1. The number of amides is 1. The molecule has 1 aromatic carbocycles. The molecule has 1 atom stereocenters. The molecule has 4 nitrogen and oxygen atoms in total. The highest BCUT2D eigenvalue weighted by molar-refractivity contribution is 6.30. The fraction of sp³-hybridized carbons (Fsp3) is 0.250. The molecule has 0 aromatic heterocycles. The molecule has 1 amide bonds. The molecule has 0 spiro atoms. The number of rotatable bonds is 1. The van der Waals surface area contributed by atoms with E-state index in [-0.39, 0.29) is 10.6 Å². The van der Waals surface area contributed by atoms with Gasteiger partial charge in [0.05, 0.1) is 0 Å². The first-order valence-electron chi connectivity index (χ1n) is 5.49. The van der Waals surface area contributed by atoms with Crippen LogP contribution >= 0.6 is 11.6 Å². The average Bonchev–Trinajstić information content (AvgIpc) is 2.35. The minimum absolute atomic E-state index is 0.0354. The second-order valence-corrected chi connectivity index (χ2v) is 4.81. The minimum atomic E-state index is -5.07. The predicted molar refractivity (Wildman–Crippen MR) is 66.1 cm³/mol. The summed E-state index contributed by atoms with van der Waals surface area (Å²) in [6.45, 7) is 0. The third-order valence-corrected chi connectivity index (χ3v) is 3.29. The lowest BCUT2D eigenvalue weighted by atomic mass is 9.91. The van der Waals surface area contributed by atoms with Crippen LogP contribution in [0.25, 0.3) is 5.57 Å². The summed E-state index contributed by atoms with van der Waals surface area (Å²) in [4.78, 5) is 11.5. The monoisotopic (exact) mass is 306 g/mol. The van der Waals surface area contributed by atoms with E-state index in [1.807, 2.05) is 0 Å². The first kappa shape index (κ1) is 14.8. The van der Waals surface area contributed by atoms with Gasteiger partial charge in [0.25, 0.3) is 11.6 Å². The standard InChI is InChI=1S/C12H10ClF3N2O2/c13-9-3-1-7(2-4-9)8-5-10(19)18(17)11(20,6-8)12(14,15)16/h1-5,20H,6,17H2. The van der Waals surface area contributed by atoms with Crippen LogP contribution in [0.15, 0.2) is 30.3 Å². The fourth-order valence-corrected chi connectivity index (χ4v) is 2.01. The van der Waals surface area contributed by atoms with Crippen LogP contribution < -0.4 is 5.84 Å². The van der Waals surface area contributed by atoms with Gasteiger partial charge in [-0.3, -0.25) is 4.79 Å². The van der Waals surface area contributed by atoms with Gasteiger partial charge in [0, 0.05) is 17.5 Å². The zero-order valence-electron chi connectivity index (χ0n) is 9.99. The Balaban J connectivity index is 2.45. The highest BCUT2D eigenvalue weighted by atomic mass is 35.5. The first-order chi connectivity index (χ1) is 9.15. The molecule has 1 aliphatic rings. The van der Waals surface area contributed by atoms with Crippen molar-refractivity contribution in [3.63, 3.8) is 0 Å². The predicted octanol–water partition coefficient (Wildman–Crippen LogP) is 2.08. The SMILES string of the molecule is NN1C(=O)C=C(c2ccc(Cl)cc2)CC1(O)C(F)(F)F. The summed E-state index contributed by atoms with van der Waals surface area (Å²) in [5.74, 6) is 3.93. The number of benzene rings is 1. The second kappa shape index (κ2) is 4.76. The van der Waals surface area contributed by atoms with Crippen molar-refractivity contribution in [2.75, 3.05) is 0 Å². The molecule has 108 valence electrons. The maximum absolute atomic E-state index is 12.9. The first-order valence-corrected chi connectivity index (χ1v) is 5.87. The highest BCUT2D eigenvalue weighted by Crippen LogP contribution is 2.41. The van der Waals surface area contributed by atoms with E-state index in [1.165, 1.54) is 24.3 Å². The fourth-order valence-electron chi connectivity index (χ4n) is 1.89. The summed E-state index contributed by atoms with van der Waals surface area (Å²) in [6.07, 6.45) is -4.95. The van der Waals surface area contributed by atoms with Crippen molar-refractivity contribution in [1.82, 2.24) is 5.01 Å². The Morgan fingerprint density at radius 2 is 1.85 bits per heavy atom. The summed E-state index contributed by atoms with van der Waals surface area (Å²) >= 11 is 5.69. The maximum Gasteiger partial charge on any atom is 0.438 e. The molecule has 1 heterocycles. The molecule has 1 aromatic rings. The molecule has 8 heteroatoms. The Kier molecular flexibility index (Phi) is 3.53.